The Kier molecular flexibility index (Phi) is 10.6. The first-order valence-electron chi connectivity index (χ1n) is 8.58. The van der Waals surface area contributed by atoms with Gasteiger partial charge in [-0.25, -0.2) is 0 Å². The minimum atomic E-state index is -1.80. The van der Waals surface area contributed by atoms with Crippen molar-refractivity contribution >= 4 is 11.8 Å². The second kappa shape index (κ2) is 12.1. The van der Waals surface area contributed by atoms with Crippen LogP contribution in [0.4, 0.5) is 0 Å². The Hall–Kier alpha value is -1.34. The van der Waals surface area contributed by atoms with Crippen LogP contribution in [0.5, 0.6) is 0 Å². The van der Waals surface area contributed by atoms with Crippen LogP contribution in [-0.4, -0.2) is 13.8 Å². The van der Waals surface area contributed by atoms with Crippen LogP contribution in [-0.2, 0) is 22.7 Å². The normalized spacial score (nSPS) is 9.62. The second-order valence-corrected chi connectivity index (χ2v) is 9.84. The summed E-state index contributed by atoms with van der Waals surface area (Å²) in [5.74, 6) is 0.267. The van der Waals surface area contributed by atoms with Crippen molar-refractivity contribution in [3.8, 4) is 0 Å². The molecule has 0 fully saturated rings. The first-order chi connectivity index (χ1) is 12.1. The molecule has 0 aliphatic rings. The van der Waals surface area contributed by atoms with E-state index in [1.807, 2.05) is 76.5 Å². The molecule has 4 nitrogen and oxygen atoms in total. The van der Waals surface area contributed by atoms with Gasteiger partial charge in [-0.1, -0.05) is 0 Å². The Morgan fingerprint density at radius 2 is 1.08 bits per heavy atom. The Bertz CT molecular complexity index is 623. The maximum Gasteiger partial charge on any atom is -1.00 e. The molecule has 0 N–H and O–H groups in total. The summed E-state index contributed by atoms with van der Waals surface area (Å²) >= 11 is -1.80. The molecule has 2 aromatic carbocycles. The monoisotopic (exact) mass is 485 g/mol. The van der Waals surface area contributed by atoms with Crippen LogP contribution >= 0.6 is 0 Å². The number of carbonyl (C=O) groups is 2. The zero-order valence-corrected chi connectivity index (χ0v) is 18.4. The third-order valence-electron chi connectivity index (χ3n) is 3.82. The number of hydrogen-bond donors (Lipinski definition) is 0. The average Bonchev–Trinajstić information content (AvgIpc) is 2.67. The maximum absolute atomic E-state index is 12.5. The van der Waals surface area contributed by atoms with E-state index < -0.39 is 37.5 Å². The molecule has 0 aliphatic carbocycles. The molecule has 137 valence electrons. The average molecular weight is 488 g/mol. The van der Waals surface area contributed by atoms with Gasteiger partial charge >= 0.3 is 172 Å². The zero-order valence-electron chi connectivity index (χ0n) is 15.2. The van der Waals surface area contributed by atoms with Crippen LogP contribution in [0.25, 0.3) is 0 Å². The molecule has 0 aromatic heterocycles. The molecule has 0 saturated heterocycles. The van der Waals surface area contributed by atoms with E-state index in [0.29, 0.717) is 25.9 Å². The van der Waals surface area contributed by atoms with E-state index in [1.165, 1.54) is 0 Å². The molecule has 0 bridgehead atoms. The van der Waals surface area contributed by atoms with Crippen molar-refractivity contribution in [3.05, 3.63) is 71.8 Å². The van der Waals surface area contributed by atoms with Crippen LogP contribution in [0.15, 0.2) is 60.7 Å². The largest absolute Gasteiger partial charge is 1.00 e. The Labute approximate surface area is 176 Å². The SMILES string of the molecule is CCC(=O)[N](Cc1ccccc1)[Nd+][N](Cc1ccccc1)C(=O)CC.[F-]. The molecule has 0 heterocycles. The van der Waals surface area contributed by atoms with Gasteiger partial charge in [-0.3, -0.25) is 0 Å². The second-order valence-electron chi connectivity index (χ2n) is 5.74. The molecule has 2 amide bonds. The maximum atomic E-state index is 12.5. The van der Waals surface area contributed by atoms with Crippen molar-refractivity contribution in [2.75, 3.05) is 0 Å². The van der Waals surface area contributed by atoms with Crippen LogP contribution in [0, 0.1) is 37.5 Å². The zero-order chi connectivity index (χ0) is 18.1. The molecule has 2 rings (SSSR count). The van der Waals surface area contributed by atoms with Crippen molar-refractivity contribution < 1.29 is 51.8 Å². The van der Waals surface area contributed by atoms with Crippen LogP contribution in [0.1, 0.15) is 37.8 Å². The minimum absolute atomic E-state index is 0. The number of benzene rings is 2. The molecule has 0 aliphatic heterocycles. The van der Waals surface area contributed by atoms with E-state index in [0.717, 1.165) is 11.1 Å². The Morgan fingerprint density at radius 1 is 0.731 bits per heavy atom. The van der Waals surface area contributed by atoms with Gasteiger partial charge in [0.25, 0.3) is 0 Å². The van der Waals surface area contributed by atoms with Gasteiger partial charge in [-0.15, -0.1) is 0 Å². The van der Waals surface area contributed by atoms with Gasteiger partial charge in [-0.2, -0.15) is 0 Å². The van der Waals surface area contributed by atoms with Gasteiger partial charge in [0, 0.05) is 0 Å². The fourth-order valence-electron chi connectivity index (χ4n) is 2.42. The summed E-state index contributed by atoms with van der Waals surface area (Å²) in [5, 5.41) is 0. The third-order valence-corrected chi connectivity index (χ3v) is 7.98. The molecule has 0 spiro atoms. The Morgan fingerprint density at radius 3 is 1.38 bits per heavy atom. The number of rotatable bonds is 8. The molecule has 0 unspecified atom stereocenters. The van der Waals surface area contributed by atoms with Gasteiger partial charge in [0.15, 0.2) is 0 Å². The van der Waals surface area contributed by atoms with E-state index in [4.69, 9.17) is 0 Å². The standard InChI is InChI=1S/2C10H13NO.FH.Nd/c2*1-2-10(12)11-8-9-6-4-3-5-7-9;;/h2*3-7H,2,8H2,1H3,(H,11,12);1H;/q;;;+3/p-3. The van der Waals surface area contributed by atoms with Crippen molar-refractivity contribution in [2.24, 2.45) is 0 Å². The third kappa shape index (κ3) is 7.11. The molecular weight excluding hydrogens is 463 g/mol. The van der Waals surface area contributed by atoms with Gasteiger partial charge < -0.3 is 4.70 Å². The summed E-state index contributed by atoms with van der Waals surface area (Å²) < 4.78 is 3.90. The van der Waals surface area contributed by atoms with Gasteiger partial charge in [-0.05, 0) is 0 Å². The smallest absolute Gasteiger partial charge is 1.00 e. The van der Waals surface area contributed by atoms with E-state index in [1.54, 1.807) is 0 Å². The van der Waals surface area contributed by atoms with Crippen molar-refractivity contribution in [3.63, 3.8) is 0 Å². The van der Waals surface area contributed by atoms with E-state index >= 15 is 0 Å². The molecule has 0 radical (unpaired) electrons. The van der Waals surface area contributed by atoms with Gasteiger partial charge in [0.2, 0.25) is 0 Å². The topological polar surface area (TPSA) is 40.6 Å². The summed E-state index contributed by atoms with van der Waals surface area (Å²) in [6, 6.07) is 20.0. The minimum Gasteiger partial charge on any atom is -1.00 e. The fourth-order valence-corrected chi connectivity index (χ4v) is 6.71. The van der Waals surface area contributed by atoms with Crippen molar-refractivity contribution in [1.82, 2.24) is 1.97 Å². The summed E-state index contributed by atoms with van der Waals surface area (Å²) in [6.45, 7) is 4.96. The molecule has 2 aromatic rings. The molecule has 0 atom stereocenters. The number of amides is 2. The summed E-state index contributed by atoms with van der Waals surface area (Å²) in [6.07, 6.45) is 0.943. The Balaban J connectivity index is 0.00000338. The summed E-state index contributed by atoms with van der Waals surface area (Å²) in [5.41, 5.74) is 2.22. The quantitative estimate of drug-likeness (QED) is 0.552. The van der Waals surface area contributed by atoms with Crippen molar-refractivity contribution in [1.29, 1.82) is 0 Å². The summed E-state index contributed by atoms with van der Waals surface area (Å²) in [7, 11) is 0. The van der Waals surface area contributed by atoms with Crippen LogP contribution in [0.2, 0.25) is 0 Å². The fraction of sp³-hybridized carbons (Fsp3) is 0.300. The van der Waals surface area contributed by atoms with Gasteiger partial charge in [0.1, 0.15) is 0 Å². The van der Waals surface area contributed by atoms with Crippen LogP contribution in [0.3, 0.4) is 0 Å². The number of nitrogens with zero attached hydrogens (tertiary/aromatic N) is 2. The molecule has 26 heavy (non-hydrogen) atoms. The van der Waals surface area contributed by atoms with Crippen molar-refractivity contribution in [2.45, 2.75) is 39.8 Å². The molecule has 6 heteroatoms. The predicted molar refractivity (Wildman–Crippen MR) is 94.6 cm³/mol. The first kappa shape index (κ1) is 22.7. The van der Waals surface area contributed by atoms with Gasteiger partial charge in [0.05, 0.1) is 0 Å². The molecule has 0 saturated carbocycles. The number of carbonyl (C=O) groups excluding carboxylic acids is 2. The number of hydrogen-bond acceptors (Lipinski definition) is 2. The first-order valence-corrected chi connectivity index (χ1v) is 11.5. The predicted octanol–water partition coefficient (Wildman–Crippen LogP) is 0.783. The summed E-state index contributed by atoms with van der Waals surface area (Å²) in [4.78, 5) is 24.9. The van der Waals surface area contributed by atoms with E-state index in [-0.39, 0.29) is 16.5 Å². The van der Waals surface area contributed by atoms with Crippen LogP contribution < -0.4 is 4.70 Å². The molecular formula is C20H24FN2NdO2. The van der Waals surface area contributed by atoms with E-state index in [9.17, 15) is 9.59 Å². The number of halogens is 1. The van der Waals surface area contributed by atoms with E-state index in [2.05, 4.69) is 0 Å².